The summed E-state index contributed by atoms with van der Waals surface area (Å²) < 4.78 is 0. The highest BCUT2D eigenvalue weighted by atomic mass is 16.4. The molecule has 0 bridgehead atoms. The van der Waals surface area contributed by atoms with Crippen LogP contribution in [0, 0.1) is 0 Å². The van der Waals surface area contributed by atoms with E-state index in [1.165, 1.54) is 0 Å². The summed E-state index contributed by atoms with van der Waals surface area (Å²) in [4.78, 5) is 73.4. The molecule has 0 fully saturated rings. The zero-order chi connectivity index (χ0) is 26.3. The number of hydrogen-bond donors (Lipinski definition) is 9. The summed E-state index contributed by atoms with van der Waals surface area (Å²) >= 11 is 0. The smallest absolute Gasteiger partial charge is 0.326 e. The lowest BCUT2D eigenvalue weighted by Gasteiger charge is -2.21. The van der Waals surface area contributed by atoms with Crippen LogP contribution in [0.5, 0.6) is 0 Å². The lowest BCUT2D eigenvalue weighted by molar-refractivity contribution is -0.143. The molecule has 0 saturated heterocycles. The molecule has 0 saturated carbocycles. The highest BCUT2D eigenvalue weighted by Crippen LogP contribution is 2.03. The van der Waals surface area contributed by atoms with Crippen LogP contribution in [0.4, 0.5) is 0 Å². The highest BCUT2D eigenvalue weighted by molar-refractivity contribution is 5.92. The predicted molar refractivity (Wildman–Crippen MR) is 118 cm³/mol. The number of nitrogens with two attached hydrogens (primary N) is 4. The molecule has 0 heterocycles. The quantitative estimate of drug-likeness (QED) is 0.0535. The zero-order valence-electron chi connectivity index (χ0n) is 18.5. The number of amides is 4. The molecule has 0 aliphatic rings. The average Bonchev–Trinajstić information content (AvgIpc) is 2.74. The number of aliphatic carboxylic acids is 2. The van der Waals surface area contributed by atoms with E-state index in [1.807, 2.05) is 0 Å². The highest BCUT2D eigenvalue weighted by Gasteiger charge is 2.27. The van der Waals surface area contributed by atoms with Crippen molar-refractivity contribution < 1.29 is 39.0 Å². The fraction of sp³-hybridized carbons (Fsp3) is 0.611. The standard InChI is InChI=1S/C18H32N8O8/c19-9(3-5-12(20)27)15(31)24-8-13(28)25-10(4-6-14(29)30)16(32)26-11(17(33)34)2-1-7-23-18(21)22/h9-11H,1-8,19H2,(H2,20,27)(H,24,31)(H,25,28)(H,26,32)(H,29,30)(H,33,34)(H4,21,22,23). The minimum absolute atomic E-state index is 0.0311. The zero-order valence-corrected chi connectivity index (χ0v) is 18.5. The number of nitrogens with zero attached hydrogens (tertiary/aromatic N) is 1. The summed E-state index contributed by atoms with van der Waals surface area (Å²) in [5, 5.41) is 24.9. The van der Waals surface area contributed by atoms with Gasteiger partial charge in [0.2, 0.25) is 23.6 Å². The lowest BCUT2D eigenvalue weighted by atomic mass is 10.1. The van der Waals surface area contributed by atoms with E-state index in [0.717, 1.165) is 0 Å². The molecular formula is C18H32N8O8. The Bertz CT molecular complexity index is 784. The number of nitrogens with one attached hydrogen (secondary N) is 3. The fourth-order valence-electron chi connectivity index (χ4n) is 2.54. The van der Waals surface area contributed by atoms with Crippen LogP contribution in [0.1, 0.15) is 38.5 Å². The van der Waals surface area contributed by atoms with Crippen LogP contribution >= 0.6 is 0 Å². The number of hydrogen-bond acceptors (Lipinski definition) is 8. The monoisotopic (exact) mass is 488 g/mol. The summed E-state index contributed by atoms with van der Waals surface area (Å²) in [6.07, 6.45) is -0.800. The van der Waals surface area contributed by atoms with E-state index >= 15 is 0 Å². The first-order chi connectivity index (χ1) is 15.8. The third-order valence-corrected chi connectivity index (χ3v) is 4.32. The maximum Gasteiger partial charge on any atom is 0.326 e. The van der Waals surface area contributed by atoms with Gasteiger partial charge in [0.15, 0.2) is 5.96 Å². The van der Waals surface area contributed by atoms with Gasteiger partial charge in [0.1, 0.15) is 12.1 Å². The van der Waals surface area contributed by atoms with Crippen molar-refractivity contribution in [1.82, 2.24) is 16.0 Å². The first-order valence-electron chi connectivity index (χ1n) is 10.2. The second kappa shape index (κ2) is 15.8. The van der Waals surface area contributed by atoms with Gasteiger partial charge in [-0.25, -0.2) is 4.79 Å². The number of carboxylic acid groups (broad SMARTS) is 2. The number of aliphatic imine (C=N–C) groups is 1. The van der Waals surface area contributed by atoms with Crippen molar-refractivity contribution in [3.05, 3.63) is 0 Å². The molecule has 16 nitrogen and oxygen atoms in total. The van der Waals surface area contributed by atoms with Gasteiger partial charge in [0, 0.05) is 19.4 Å². The molecule has 0 spiro atoms. The first kappa shape index (κ1) is 30.0. The van der Waals surface area contributed by atoms with E-state index in [1.54, 1.807) is 0 Å². The fourth-order valence-corrected chi connectivity index (χ4v) is 2.54. The molecule has 3 unspecified atom stereocenters. The largest absolute Gasteiger partial charge is 0.481 e. The molecule has 0 aliphatic carbocycles. The molecule has 0 aromatic heterocycles. The van der Waals surface area contributed by atoms with Crippen molar-refractivity contribution in [1.29, 1.82) is 0 Å². The molecule has 0 aromatic rings. The molecule has 0 aromatic carbocycles. The van der Waals surface area contributed by atoms with Crippen molar-refractivity contribution in [2.24, 2.45) is 27.9 Å². The maximum atomic E-state index is 12.5. The average molecular weight is 489 g/mol. The number of carbonyl (C=O) groups excluding carboxylic acids is 4. The van der Waals surface area contributed by atoms with E-state index in [2.05, 4.69) is 20.9 Å². The van der Waals surface area contributed by atoms with Gasteiger partial charge in [-0.3, -0.25) is 29.0 Å². The Labute approximate surface area is 194 Å². The third-order valence-electron chi connectivity index (χ3n) is 4.32. The number of carboxylic acids is 2. The van der Waals surface area contributed by atoms with Crippen LogP contribution in [0.15, 0.2) is 4.99 Å². The molecule has 0 radical (unpaired) electrons. The summed E-state index contributed by atoms with van der Waals surface area (Å²) in [6.45, 7) is -0.469. The third kappa shape index (κ3) is 14.2. The van der Waals surface area contributed by atoms with E-state index < -0.39 is 66.7 Å². The molecule has 13 N–H and O–H groups in total. The Kier molecular flexibility index (Phi) is 14.0. The van der Waals surface area contributed by atoms with Crippen LogP contribution in [-0.2, 0) is 28.8 Å². The second-order valence-corrected chi connectivity index (χ2v) is 7.23. The van der Waals surface area contributed by atoms with Gasteiger partial charge >= 0.3 is 11.9 Å². The molecule has 16 heteroatoms. The van der Waals surface area contributed by atoms with Crippen LogP contribution in [0.3, 0.4) is 0 Å². The molecular weight excluding hydrogens is 456 g/mol. The van der Waals surface area contributed by atoms with E-state index in [4.69, 9.17) is 28.0 Å². The summed E-state index contributed by atoms with van der Waals surface area (Å²) in [7, 11) is 0. The lowest BCUT2D eigenvalue weighted by Crippen LogP contribution is -2.53. The van der Waals surface area contributed by atoms with Crippen LogP contribution < -0.4 is 38.9 Å². The SMILES string of the molecule is NC(=O)CCC(N)C(=O)NCC(=O)NC(CCC(=O)O)C(=O)NC(CCCN=C(N)N)C(=O)O. The molecule has 34 heavy (non-hydrogen) atoms. The minimum Gasteiger partial charge on any atom is -0.481 e. The Morgan fingerprint density at radius 1 is 0.824 bits per heavy atom. The van der Waals surface area contributed by atoms with Gasteiger partial charge in [-0.1, -0.05) is 0 Å². The van der Waals surface area contributed by atoms with Crippen molar-refractivity contribution in [3.8, 4) is 0 Å². The number of primary amides is 1. The normalized spacial score (nSPS) is 13.0. The van der Waals surface area contributed by atoms with Gasteiger partial charge in [-0.15, -0.1) is 0 Å². The number of guanidine groups is 1. The molecule has 0 aliphatic heterocycles. The van der Waals surface area contributed by atoms with E-state index in [9.17, 15) is 33.9 Å². The van der Waals surface area contributed by atoms with Crippen molar-refractivity contribution in [2.75, 3.05) is 13.1 Å². The Balaban J connectivity index is 4.97. The van der Waals surface area contributed by atoms with Gasteiger partial charge < -0.3 is 49.1 Å². The van der Waals surface area contributed by atoms with Gasteiger partial charge in [0.25, 0.3) is 0 Å². The first-order valence-corrected chi connectivity index (χ1v) is 10.2. The van der Waals surface area contributed by atoms with Crippen LogP contribution in [0.25, 0.3) is 0 Å². The van der Waals surface area contributed by atoms with Crippen molar-refractivity contribution in [3.63, 3.8) is 0 Å². The summed E-state index contributed by atoms with van der Waals surface area (Å²) in [5.41, 5.74) is 20.9. The molecule has 192 valence electrons. The van der Waals surface area contributed by atoms with Crippen LogP contribution in [-0.4, -0.2) is 83.0 Å². The topological polar surface area (TPSA) is 295 Å². The predicted octanol–water partition coefficient (Wildman–Crippen LogP) is -4.33. The molecule has 4 amide bonds. The van der Waals surface area contributed by atoms with Gasteiger partial charge in [-0.2, -0.15) is 0 Å². The maximum absolute atomic E-state index is 12.5. The van der Waals surface area contributed by atoms with Crippen molar-refractivity contribution >= 4 is 41.5 Å². The van der Waals surface area contributed by atoms with Gasteiger partial charge in [-0.05, 0) is 25.7 Å². The number of carbonyl (C=O) groups is 6. The second-order valence-electron chi connectivity index (χ2n) is 7.23. The molecule has 0 rings (SSSR count). The van der Waals surface area contributed by atoms with E-state index in [0.29, 0.717) is 0 Å². The minimum atomic E-state index is -1.39. The molecule has 3 atom stereocenters. The summed E-state index contributed by atoms with van der Waals surface area (Å²) in [6, 6.07) is -3.82. The number of rotatable bonds is 17. The Morgan fingerprint density at radius 3 is 2.00 bits per heavy atom. The summed E-state index contributed by atoms with van der Waals surface area (Å²) in [5.74, 6) is -5.92. The van der Waals surface area contributed by atoms with Crippen molar-refractivity contribution in [2.45, 2.75) is 56.7 Å². The van der Waals surface area contributed by atoms with Gasteiger partial charge in [0.05, 0.1) is 12.6 Å². The van der Waals surface area contributed by atoms with E-state index in [-0.39, 0.29) is 44.6 Å². The Morgan fingerprint density at radius 2 is 1.47 bits per heavy atom. The Hall–Kier alpha value is -3.95. The van der Waals surface area contributed by atoms with Crippen LogP contribution in [0.2, 0.25) is 0 Å².